The number of allylic oxidation sites excluding steroid dienone is 1. The van der Waals surface area contributed by atoms with Crippen molar-refractivity contribution >= 4 is 23.4 Å². The zero-order chi connectivity index (χ0) is 18.1. The first-order valence-electron chi connectivity index (χ1n) is 7.04. The minimum absolute atomic E-state index is 0.0981. The summed E-state index contributed by atoms with van der Waals surface area (Å²) in [6, 6.07) is 3.41. The van der Waals surface area contributed by atoms with Crippen LogP contribution in [0.1, 0.15) is 18.1 Å². The van der Waals surface area contributed by atoms with Gasteiger partial charge in [0.15, 0.2) is 0 Å². The van der Waals surface area contributed by atoms with E-state index in [1.165, 1.54) is 20.0 Å². The standard InChI is InChI=1S/C16H17F3N4O/c1-8(20)13(15(21)24)14(22-2)10-5-9-3-4-11(16(17,18)19)6-12(9)23-7-10/h3-6,23H,7,20H2,1-2H3,(H2,21,24)/b13-8-,22-14?. The van der Waals surface area contributed by atoms with Crippen LogP contribution in [-0.4, -0.2) is 25.2 Å². The summed E-state index contributed by atoms with van der Waals surface area (Å²) < 4.78 is 38.3. The first-order chi connectivity index (χ1) is 11.1. The minimum atomic E-state index is -4.41. The van der Waals surface area contributed by atoms with Crippen molar-refractivity contribution in [2.75, 3.05) is 18.9 Å². The topological polar surface area (TPSA) is 93.5 Å². The number of hydrogen-bond acceptors (Lipinski definition) is 4. The second kappa shape index (κ2) is 6.38. The molecule has 0 radical (unpaired) electrons. The molecule has 128 valence electrons. The Labute approximate surface area is 136 Å². The first kappa shape index (κ1) is 17.6. The van der Waals surface area contributed by atoms with Crippen LogP contribution in [0.25, 0.3) is 6.08 Å². The number of nitrogens with zero attached hydrogens (tertiary/aromatic N) is 1. The number of alkyl halides is 3. The number of benzene rings is 1. The summed E-state index contributed by atoms with van der Waals surface area (Å²) in [4.78, 5) is 15.7. The summed E-state index contributed by atoms with van der Waals surface area (Å²) in [6.45, 7) is 1.73. The van der Waals surface area contributed by atoms with Gasteiger partial charge in [0, 0.05) is 25.0 Å². The maximum atomic E-state index is 12.8. The third-order valence-electron chi connectivity index (χ3n) is 3.58. The highest BCUT2D eigenvalue weighted by molar-refractivity contribution is 6.29. The Hall–Kier alpha value is -2.77. The molecule has 1 aromatic rings. The largest absolute Gasteiger partial charge is 0.416 e. The molecule has 0 bridgehead atoms. The summed E-state index contributed by atoms with van der Waals surface area (Å²) in [5, 5.41) is 2.91. The van der Waals surface area contributed by atoms with Crippen molar-refractivity contribution in [1.29, 1.82) is 0 Å². The van der Waals surface area contributed by atoms with Crippen molar-refractivity contribution in [3.63, 3.8) is 0 Å². The van der Waals surface area contributed by atoms with E-state index in [9.17, 15) is 18.0 Å². The van der Waals surface area contributed by atoms with Gasteiger partial charge in [0.25, 0.3) is 5.91 Å². The molecule has 0 aromatic heterocycles. The van der Waals surface area contributed by atoms with Gasteiger partial charge in [-0.3, -0.25) is 9.79 Å². The predicted octanol–water partition coefficient (Wildman–Crippen LogP) is 2.30. The number of aliphatic imine (C=N–C) groups is 1. The van der Waals surface area contributed by atoms with Gasteiger partial charge >= 0.3 is 6.18 Å². The van der Waals surface area contributed by atoms with Crippen molar-refractivity contribution < 1.29 is 18.0 Å². The fourth-order valence-corrected chi connectivity index (χ4v) is 2.51. The van der Waals surface area contributed by atoms with E-state index in [0.29, 0.717) is 22.5 Å². The average molecular weight is 338 g/mol. The Morgan fingerprint density at radius 3 is 2.46 bits per heavy atom. The number of halogens is 3. The molecule has 5 nitrogen and oxygen atoms in total. The summed E-state index contributed by atoms with van der Waals surface area (Å²) >= 11 is 0. The van der Waals surface area contributed by atoms with Crippen LogP contribution in [0.2, 0.25) is 0 Å². The monoisotopic (exact) mass is 338 g/mol. The molecule has 8 heteroatoms. The van der Waals surface area contributed by atoms with E-state index in [0.717, 1.165) is 12.1 Å². The second-order valence-corrected chi connectivity index (χ2v) is 5.32. The quantitative estimate of drug-likeness (QED) is 0.583. The van der Waals surface area contributed by atoms with E-state index in [2.05, 4.69) is 10.3 Å². The van der Waals surface area contributed by atoms with Crippen LogP contribution in [0, 0.1) is 0 Å². The van der Waals surface area contributed by atoms with Crippen LogP contribution in [-0.2, 0) is 11.0 Å². The molecular formula is C16H17F3N4O. The molecule has 1 amide bonds. The molecule has 0 unspecified atom stereocenters. The zero-order valence-electron chi connectivity index (χ0n) is 13.2. The maximum Gasteiger partial charge on any atom is 0.416 e. The highest BCUT2D eigenvalue weighted by Crippen LogP contribution is 2.34. The lowest BCUT2D eigenvalue weighted by Crippen LogP contribution is -2.28. The van der Waals surface area contributed by atoms with Crippen molar-refractivity contribution in [3.05, 3.63) is 46.2 Å². The normalized spacial score (nSPS) is 15.9. The Morgan fingerprint density at radius 1 is 1.29 bits per heavy atom. The number of nitrogens with one attached hydrogen (secondary N) is 1. The number of carbonyl (C=O) groups excluding carboxylic acids is 1. The third-order valence-corrected chi connectivity index (χ3v) is 3.58. The van der Waals surface area contributed by atoms with Gasteiger partial charge in [-0.15, -0.1) is 0 Å². The molecule has 1 aliphatic heterocycles. The molecule has 2 rings (SSSR count). The van der Waals surface area contributed by atoms with Crippen LogP contribution in [0.4, 0.5) is 18.9 Å². The first-order valence-corrected chi connectivity index (χ1v) is 7.04. The second-order valence-electron chi connectivity index (χ2n) is 5.32. The molecule has 0 saturated heterocycles. The molecule has 0 atom stereocenters. The Morgan fingerprint density at radius 2 is 1.96 bits per heavy atom. The van der Waals surface area contributed by atoms with Gasteiger partial charge in [-0.1, -0.05) is 6.07 Å². The van der Waals surface area contributed by atoms with Gasteiger partial charge in [-0.2, -0.15) is 13.2 Å². The molecule has 0 spiro atoms. The van der Waals surface area contributed by atoms with Crippen LogP contribution in [0.5, 0.6) is 0 Å². The average Bonchev–Trinajstić information content (AvgIpc) is 2.49. The van der Waals surface area contributed by atoms with Crippen molar-refractivity contribution in [2.24, 2.45) is 16.5 Å². The van der Waals surface area contributed by atoms with Gasteiger partial charge in [0.2, 0.25) is 0 Å². The molecule has 5 N–H and O–H groups in total. The fourth-order valence-electron chi connectivity index (χ4n) is 2.51. The predicted molar refractivity (Wildman–Crippen MR) is 87.4 cm³/mol. The van der Waals surface area contributed by atoms with Crippen LogP contribution in [0.15, 0.2) is 40.0 Å². The van der Waals surface area contributed by atoms with Crippen molar-refractivity contribution in [1.82, 2.24) is 0 Å². The number of anilines is 1. The van der Waals surface area contributed by atoms with Gasteiger partial charge in [0.1, 0.15) is 0 Å². The smallest absolute Gasteiger partial charge is 0.402 e. The number of hydrogen-bond donors (Lipinski definition) is 3. The van der Waals surface area contributed by atoms with Crippen molar-refractivity contribution in [3.8, 4) is 0 Å². The third kappa shape index (κ3) is 3.42. The van der Waals surface area contributed by atoms with Gasteiger partial charge in [0.05, 0.1) is 16.8 Å². The summed E-state index contributed by atoms with van der Waals surface area (Å²) in [7, 11) is 1.49. The molecular weight excluding hydrogens is 321 g/mol. The number of rotatable bonds is 3. The van der Waals surface area contributed by atoms with Gasteiger partial charge in [-0.25, -0.2) is 0 Å². The van der Waals surface area contributed by atoms with Gasteiger partial charge < -0.3 is 16.8 Å². The number of amides is 1. The van der Waals surface area contributed by atoms with Crippen LogP contribution in [0.3, 0.4) is 0 Å². The Balaban J connectivity index is 2.47. The van der Waals surface area contributed by atoms with Crippen LogP contribution >= 0.6 is 0 Å². The maximum absolute atomic E-state index is 12.8. The minimum Gasteiger partial charge on any atom is -0.402 e. The number of carbonyl (C=O) groups is 1. The zero-order valence-corrected chi connectivity index (χ0v) is 13.2. The summed E-state index contributed by atoms with van der Waals surface area (Å²) in [5.74, 6) is -0.713. The fraction of sp³-hybridized carbons (Fsp3) is 0.250. The number of fused-ring (bicyclic) bond motifs is 1. The summed E-state index contributed by atoms with van der Waals surface area (Å²) in [6.07, 6.45) is -2.74. The van der Waals surface area contributed by atoms with Crippen LogP contribution < -0.4 is 16.8 Å². The molecule has 1 aliphatic rings. The van der Waals surface area contributed by atoms with E-state index in [4.69, 9.17) is 11.5 Å². The van der Waals surface area contributed by atoms with E-state index >= 15 is 0 Å². The Bertz CT molecular complexity index is 772. The lowest BCUT2D eigenvalue weighted by molar-refractivity contribution is -0.137. The Kier molecular flexibility index (Phi) is 4.68. The molecule has 0 aliphatic carbocycles. The lowest BCUT2D eigenvalue weighted by atomic mass is 9.94. The van der Waals surface area contributed by atoms with Crippen molar-refractivity contribution in [2.45, 2.75) is 13.1 Å². The molecule has 0 saturated carbocycles. The highest BCUT2D eigenvalue weighted by Gasteiger charge is 2.31. The van der Waals surface area contributed by atoms with E-state index in [-0.39, 0.29) is 17.8 Å². The van der Waals surface area contributed by atoms with E-state index < -0.39 is 17.6 Å². The van der Waals surface area contributed by atoms with Gasteiger partial charge in [-0.05, 0) is 36.3 Å². The van der Waals surface area contributed by atoms with E-state index in [1.807, 2.05) is 0 Å². The molecule has 1 aromatic carbocycles. The summed E-state index contributed by atoms with van der Waals surface area (Å²) in [5.41, 5.74) is 12.5. The SMILES string of the molecule is CN=C(C1=Cc2ccc(C(F)(F)F)cc2NC1)/C(C(N)=O)=C(\C)N. The molecule has 24 heavy (non-hydrogen) atoms. The lowest BCUT2D eigenvalue weighted by Gasteiger charge is -2.22. The molecule has 0 fully saturated rings. The number of primary amides is 1. The number of nitrogens with two attached hydrogens (primary N) is 2. The molecule has 1 heterocycles. The highest BCUT2D eigenvalue weighted by atomic mass is 19.4. The van der Waals surface area contributed by atoms with E-state index in [1.54, 1.807) is 6.08 Å².